The standard InChI is InChI=1S/C6H4ClF4NO2S/c7-15(8,9,10,11)6-3-1-5(2-4-6)12(13)14/h1-4H. The summed E-state index contributed by atoms with van der Waals surface area (Å²) in [5, 5.41) is 10.1. The quantitative estimate of drug-likeness (QED) is 0.448. The van der Waals surface area contributed by atoms with Crippen LogP contribution in [0.4, 0.5) is 21.2 Å². The van der Waals surface area contributed by atoms with Gasteiger partial charge in [0, 0.05) is 22.8 Å². The molecule has 1 aromatic rings. The fraction of sp³-hybridized carbons (Fsp3) is 0. The van der Waals surface area contributed by atoms with Crippen LogP contribution in [-0.2, 0) is 0 Å². The van der Waals surface area contributed by atoms with Crippen LogP contribution in [0.15, 0.2) is 29.2 Å². The number of nitro groups is 1. The lowest BCUT2D eigenvalue weighted by Gasteiger charge is -2.42. The zero-order chi connectivity index (χ0) is 12.0. The average molecular weight is 266 g/mol. The van der Waals surface area contributed by atoms with Crippen molar-refractivity contribution in [3.05, 3.63) is 34.4 Å². The van der Waals surface area contributed by atoms with E-state index in [0.29, 0.717) is 12.1 Å². The molecule has 3 nitrogen and oxygen atoms in total. The van der Waals surface area contributed by atoms with E-state index in [1.54, 1.807) is 0 Å². The molecule has 86 valence electrons. The number of rotatable bonds is 2. The lowest BCUT2D eigenvalue weighted by molar-refractivity contribution is -0.384. The summed E-state index contributed by atoms with van der Waals surface area (Å²) in [6.45, 7) is 0. The van der Waals surface area contributed by atoms with E-state index in [1.807, 2.05) is 0 Å². The maximum Gasteiger partial charge on any atom is 0.269 e. The molecule has 0 amide bonds. The van der Waals surface area contributed by atoms with E-state index >= 15 is 0 Å². The minimum atomic E-state index is -8.74. The second-order valence-corrected chi connectivity index (χ2v) is 6.99. The van der Waals surface area contributed by atoms with E-state index in [4.69, 9.17) is 0 Å². The van der Waals surface area contributed by atoms with Crippen molar-refractivity contribution >= 4 is 25.4 Å². The lowest BCUT2D eigenvalue weighted by atomic mass is 10.3. The predicted molar refractivity (Wildman–Crippen MR) is 49.2 cm³/mol. The zero-order valence-electron chi connectivity index (χ0n) is 6.87. The van der Waals surface area contributed by atoms with E-state index in [0.717, 1.165) is 0 Å². The van der Waals surface area contributed by atoms with Crippen LogP contribution in [0.5, 0.6) is 0 Å². The van der Waals surface area contributed by atoms with Gasteiger partial charge in [-0.3, -0.25) is 10.1 Å². The Labute approximate surface area is 85.7 Å². The van der Waals surface area contributed by atoms with Gasteiger partial charge in [-0.2, -0.15) is 0 Å². The molecule has 0 saturated carbocycles. The second-order valence-electron chi connectivity index (χ2n) is 2.72. The Kier molecular flexibility index (Phi) is 2.06. The monoisotopic (exact) mass is 265 g/mol. The van der Waals surface area contributed by atoms with E-state index in [-0.39, 0.29) is 12.1 Å². The van der Waals surface area contributed by atoms with Gasteiger partial charge in [-0.05, 0) is 12.1 Å². The summed E-state index contributed by atoms with van der Waals surface area (Å²) in [7, 11) is -4.76. The largest absolute Gasteiger partial charge is 0.269 e. The van der Waals surface area contributed by atoms with Gasteiger partial charge in [-0.1, -0.05) is 0 Å². The van der Waals surface area contributed by atoms with Gasteiger partial charge >= 0.3 is 0 Å². The summed E-state index contributed by atoms with van der Waals surface area (Å²) in [6, 6.07) is 1.56. The first-order valence-electron chi connectivity index (χ1n) is 3.39. The molecule has 0 fully saturated rings. The van der Waals surface area contributed by atoms with E-state index in [9.17, 15) is 25.7 Å². The van der Waals surface area contributed by atoms with Crippen LogP contribution in [0.1, 0.15) is 0 Å². The first kappa shape index (κ1) is 12.1. The normalized spacial score (nSPS) is 16.6. The Balaban J connectivity index is 3.29. The van der Waals surface area contributed by atoms with Crippen LogP contribution in [0.2, 0.25) is 0 Å². The molecule has 9 heteroatoms. The highest BCUT2D eigenvalue weighted by molar-refractivity contribution is 8.65. The molecular weight excluding hydrogens is 262 g/mol. The highest BCUT2D eigenvalue weighted by atomic mass is 35.7. The Morgan fingerprint density at radius 3 is 1.80 bits per heavy atom. The molecule has 0 heterocycles. The minimum Gasteiger partial charge on any atom is -0.258 e. The lowest BCUT2D eigenvalue weighted by Crippen LogP contribution is -2.04. The molecule has 0 bridgehead atoms. The number of nitro benzene ring substituents is 1. The van der Waals surface area contributed by atoms with Crippen LogP contribution < -0.4 is 0 Å². The summed E-state index contributed by atoms with van der Waals surface area (Å²) in [6.07, 6.45) is 0. The van der Waals surface area contributed by atoms with Crippen molar-refractivity contribution in [1.29, 1.82) is 0 Å². The van der Waals surface area contributed by atoms with E-state index in [1.165, 1.54) is 0 Å². The summed E-state index contributed by atoms with van der Waals surface area (Å²) in [5.74, 6) is 0. The number of hydrogen-bond donors (Lipinski definition) is 0. The highest BCUT2D eigenvalue weighted by Crippen LogP contribution is 3.04. The van der Waals surface area contributed by atoms with E-state index in [2.05, 4.69) is 10.7 Å². The Hall–Kier alpha value is -1.02. The fourth-order valence-electron chi connectivity index (χ4n) is 0.825. The molecule has 0 aromatic heterocycles. The first-order valence-corrected chi connectivity index (χ1v) is 6.26. The Bertz CT molecular complexity index is 414. The van der Waals surface area contributed by atoms with Gasteiger partial charge in [0.1, 0.15) is 0 Å². The topological polar surface area (TPSA) is 43.1 Å². The molecule has 0 N–H and O–H groups in total. The van der Waals surface area contributed by atoms with E-state index < -0.39 is 24.6 Å². The highest BCUT2D eigenvalue weighted by Gasteiger charge is 2.62. The number of non-ortho nitro benzene ring substituents is 1. The van der Waals surface area contributed by atoms with Gasteiger partial charge in [0.2, 0.25) is 0 Å². The smallest absolute Gasteiger partial charge is 0.258 e. The van der Waals surface area contributed by atoms with Gasteiger partial charge in [0.05, 0.1) is 9.82 Å². The van der Waals surface area contributed by atoms with Gasteiger partial charge in [-0.15, -0.1) is 15.5 Å². The summed E-state index contributed by atoms with van der Waals surface area (Å²) >= 11 is 0. The Morgan fingerprint density at radius 2 is 1.53 bits per heavy atom. The molecule has 0 aliphatic heterocycles. The van der Waals surface area contributed by atoms with Crippen LogP contribution >= 0.6 is 19.7 Å². The number of nitrogens with zero attached hydrogens (tertiary/aromatic N) is 1. The van der Waals surface area contributed by atoms with Crippen molar-refractivity contribution in [2.45, 2.75) is 4.90 Å². The van der Waals surface area contributed by atoms with Crippen molar-refractivity contribution in [1.82, 2.24) is 0 Å². The summed E-state index contributed by atoms with van der Waals surface area (Å²) in [4.78, 5) is 7.52. The van der Waals surface area contributed by atoms with Crippen molar-refractivity contribution in [3.8, 4) is 0 Å². The molecule has 1 aromatic carbocycles. The Morgan fingerprint density at radius 1 is 1.13 bits per heavy atom. The zero-order valence-corrected chi connectivity index (χ0v) is 8.44. The number of hydrogen-bond acceptors (Lipinski definition) is 2. The first-order chi connectivity index (χ1) is 6.40. The predicted octanol–water partition coefficient (Wildman–Crippen LogP) is 4.52. The van der Waals surface area contributed by atoms with Crippen molar-refractivity contribution < 1.29 is 20.5 Å². The molecule has 0 aliphatic rings. The maximum absolute atomic E-state index is 12.5. The second kappa shape index (κ2) is 2.56. The SMILES string of the molecule is O=[N+]([O-])c1ccc(S(F)(F)(F)(F)Cl)cc1. The maximum atomic E-state index is 12.5. The number of benzene rings is 1. The fourth-order valence-corrected chi connectivity index (χ4v) is 1.78. The third-order valence-corrected chi connectivity index (χ3v) is 3.19. The summed E-state index contributed by atoms with van der Waals surface area (Å²) < 4.78 is 50.2. The van der Waals surface area contributed by atoms with Crippen LogP contribution in [0.25, 0.3) is 0 Å². The van der Waals surface area contributed by atoms with Crippen LogP contribution in [-0.4, -0.2) is 4.92 Å². The van der Waals surface area contributed by atoms with Crippen LogP contribution in [0.3, 0.4) is 0 Å². The molecule has 0 saturated heterocycles. The molecule has 15 heavy (non-hydrogen) atoms. The molecule has 0 spiro atoms. The summed E-state index contributed by atoms with van der Waals surface area (Å²) in [5.41, 5.74) is -0.572. The van der Waals surface area contributed by atoms with Crippen molar-refractivity contribution in [2.75, 3.05) is 0 Å². The van der Waals surface area contributed by atoms with Crippen molar-refractivity contribution in [2.24, 2.45) is 0 Å². The molecule has 0 atom stereocenters. The van der Waals surface area contributed by atoms with Crippen LogP contribution in [0, 0.1) is 10.1 Å². The molecular formula is C6H4ClF4NO2S. The molecule has 0 aliphatic carbocycles. The molecule has 0 radical (unpaired) electrons. The van der Waals surface area contributed by atoms with Gasteiger partial charge in [0.15, 0.2) is 0 Å². The number of halogens is 5. The third-order valence-electron chi connectivity index (χ3n) is 1.49. The minimum absolute atomic E-state index is 0.243. The molecule has 0 unspecified atom stereocenters. The van der Waals surface area contributed by atoms with Gasteiger partial charge in [-0.25, -0.2) is 0 Å². The van der Waals surface area contributed by atoms with Crippen molar-refractivity contribution in [3.63, 3.8) is 0 Å². The van der Waals surface area contributed by atoms with Gasteiger partial charge in [0.25, 0.3) is 14.7 Å². The molecule has 1 rings (SSSR count). The average Bonchev–Trinajstić information content (AvgIpc) is 2.00. The third kappa shape index (κ3) is 2.96. The van der Waals surface area contributed by atoms with Gasteiger partial charge < -0.3 is 0 Å².